The van der Waals surface area contributed by atoms with Gasteiger partial charge in [-0.3, -0.25) is 4.79 Å². The third kappa shape index (κ3) is 6.54. The maximum absolute atomic E-state index is 12.8. The maximum Gasteiger partial charge on any atom is 0.390 e. The summed E-state index contributed by atoms with van der Waals surface area (Å²) >= 11 is 7.21. The summed E-state index contributed by atoms with van der Waals surface area (Å²) < 4.78 is 61.5. The Hall–Kier alpha value is -1.92. The second-order valence-electron chi connectivity index (χ2n) is 6.53. The zero-order valence-electron chi connectivity index (χ0n) is 16.0. The molecule has 0 aromatic carbocycles. The summed E-state index contributed by atoms with van der Waals surface area (Å²) in [5.74, 6) is -3.46. The van der Waals surface area contributed by atoms with Crippen molar-refractivity contribution in [2.45, 2.75) is 26.4 Å². The van der Waals surface area contributed by atoms with Crippen LogP contribution < -0.4 is 9.63 Å². The number of carbonyl (C=O) groups excluding carboxylic acids is 1. The van der Waals surface area contributed by atoms with Crippen molar-refractivity contribution >= 4 is 43.7 Å². The van der Waals surface area contributed by atoms with Crippen LogP contribution in [-0.2, 0) is 14.6 Å². The number of anilines is 1. The molecule has 2 heterocycles. The normalized spacial score (nSPS) is 13.3. The highest BCUT2D eigenvalue weighted by atomic mass is 35.5. The zero-order chi connectivity index (χ0) is 22.7. The van der Waals surface area contributed by atoms with Crippen LogP contribution in [0.2, 0.25) is 5.15 Å². The average molecular weight is 486 g/mol. The lowest BCUT2D eigenvalue weighted by molar-refractivity contribution is -0.604. The minimum Gasteiger partial charge on any atom is -0.619 e. The van der Waals surface area contributed by atoms with E-state index < -0.39 is 45.8 Å². The Bertz CT molecular complexity index is 1010. The van der Waals surface area contributed by atoms with Gasteiger partial charge in [-0.05, 0) is 13.0 Å². The lowest BCUT2D eigenvalue weighted by Gasteiger charge is -2.23. The molecule has 0 aliphatic rings. The Morgan fingerprint density at radius 2 is 2.10 bits per heavy atom. The first-order chi connectivity index (χ1) is 13.8. The smallest absolute Gasteiger partial charge is 0.390 e. The monoisotopic (exact) mass is 485 g/mol. The van der Waals surface area contributed by atoms with E-state index in [4.69, 9.17) is 11.6 Å². The van der Waals surface area contributed by atoms with Crippen LogP contribution in [0, 0.1) is 11.1 Å². The fourth-order valence-electron chi connectivity index (χ4n) is 2.64. The van der Waals surface area contributed by atoms with E-state index >= 15 is 0 Å². The second kappa shape index (κ2) is 9.48. The van der Waals surface area contributed by atoms with Crippen molar-refractivity contribution in [3.05, 3.63) is 34.9 Å². The number of carbonyl (C=O) groups is 1. The number of rotatable bonds is 8. The Morgan fingerprint density at radius 3 is 2.67 bits per heavy atom. The molecule has 1 unspecified atom stereocenters. The molecule has 0 radical (unpaired) electrons. The summed E-state index contributed by atoms with van der Waals surface area (Å²) in [6.07, 6.45) is -3.48. The van der Waals surface area contributed by atoms with Crippen LogP contribution in [0.3, 0.4) is 0 Å². The van der Waals surface area contributed by atoms with E-state index in [1.54, 1.807) is 13.0 Å². The molecule has 0 N–H and O–H groups in total. The predicted octanol–water partition coefficient (Wildman–Crippen LogP) is 3.45. The first-order valence-corrected chi connectivity index (χ1v) is 11.8. The summed E-state index contributed by atoms with van der Waals surface area (Å²) in [6, 6.07) is 3.16. The lowest BCUT2D eigenvalue weighted by Crippen LogP contribution is -2.38. The molecule has 0 aliphatic carbocycles. The molecule has 2 aromatic heterocycles. The van der Waals surface area contributed by atoms with Crippen molar-refractivity contribution < 1.29 is 31.1 Å². The topological polar surface area (TPSA) is 94.3 Å². The first-order valence-electron chi connectivity index (χ1n) is 8.77. The molecule has 1 atom stereocenters. The van der Waals surface area contributed by atoms with Gasteiger partial charge in [0.2, 0.25) is 5.91 Å². The number of alkyl halides is 3. The molecule has 2 rings (SSSR count). The Labute approximate surface area is 180 Å². The van der Waals surface area contributed by atoms with Crippen molar-refractivity contribution in [1.29, 1.82) is 0 Å². The van der Waals surface area contributed by atoms with Gasteiger partial charge in [-0.1, -0.05) is 29.9 Å². The van der Waals surface area contributed by atoms with Crippen LogP contribution in [0.1, 0.15) is 20.3 Å². The highest BCUT2D eigenvalue weighted by Gasteiger charge is 2.33. The Balaban J connectivity index is 2.20. The van der Waals surface area contributed by atoms with Crippen LogP contribution in [0.5, 0.6) is 0 Å². The molecule has 7 nitrogen and oxygen atoms in total. The molecule has 0 spiro atoms. The molecule has 166 valence electrons. The van der Waals surface area contributed by atoms with Gasteiger partial charge in [-0.2, -0.15) is 17.9 Å². The fraction of sp³-hybridized carbons (Fsp3) is 0.471. The molecular formula is C17H19ClF3N3O4S2. The number of pyridine rings is 1. The van der Waals surface area contributed by atoms with Crippen molar-refractivity contribution in [2.24, 2.45) is 5.92 Å². The molecule has 2 aromatic rings. The van der Waals surface area contributed by atoms with E-state index in [1.165, 1.54) is 30.3 Å². The van der Waals surface area contributed by atoms with E-state index in [0.717, 1.165) is 11.3 Å². The Morgan fingerprint density at radius 1 is 1.43 bits per heavy atom. The highest BCUT2D eigenvalue weighted by molar-refractivity contribution is 7.91. The van der Waals surface area contributed by atoms with E-state index in [0.29, 0.717) is 15.3 Å². The lowest BCUT2D eigenvalue weighted by atomic mass is 10.2. The summed E-state index contributed by atoms with van der Waals surface area (Å²) in [6.45, 7) is 3.12. The number of hydrogen-bond acceptors (Lipinski definition) is 6. The molecule has 0 bridgehead atoms. The Kier molecular flexibility index (Phi) is 7.69. The van der Waals surface area contributed by atoms with Crippen LogP contribution in [0.4, 0.5) is 18.2 Å². The largest absolute Gasteiger partial charge is 0.619 e. The number of aromatic nitrogens is 2. The minimum absolute atomic E-state index is 0.00127. The van der Waals surface area contributed by atoms with Crippen LogP contribution in [0.15, 0.2) is 24.5 Å². The molecular weight excluding hydrogens is 467 g/mol. The van der Waals surface area contributed by atoms with Crippen molar-refractivity contribution in [2.75, 3.05) is 23.0 Å². The number of halogens is 4. The number of hydrogen-bond donors (Lipinski definition) is 0. The third-order valence-electron chi connectivity index (χ3n) is 4.04. The maximum atomic E-state index is 12.8. The van der Waals surface area contributed by atoms with Gasteiger partial charge in [-0.15, -0.1) is 0 Å². The molecule has 0 saturated heterocycles. The number of sulfone groups is 1. The van der Waals surface area contributed by atoms with E-state index in [2.05, 4.69) is 4.98 Å². The summed E-state index contributed by atoms with van der Waals surface area (Å²) in [4.78, 5) is 18.2. The number of amides is 1. The van der Waals surface area contributed by atoms with Crippen LogP contribution in [0.25, 0.3) is 10.6 Å². The average Bonchev–Trinajstić information content (AvgIpc) is 3.01. The number of nitrogens with zero attached hydrogens (tertiary/aromatic N) is 3. The van der Waals surface area contributed by atoms with E-state index in [-0.39, 0.29) is 16.7 Å². The molecule has 0 fully saturated rings. The van der Waals surface area contributed by atoms with Crippen LogP contribution in [-0.4, -0.2) is 43.5 Å². The van der Waals surface area contributed by atoms with E-state index in [1.807, 2.05) is 0 Å². The predicted molar refractivity (Wildman–Crippen MR) is 108 cm³/mol. The molecule has 0 aliphatic heterocycles. The van der Waals surface area contributed by atoms with Gasteiger partial charge >= 0.3 is 6.18 Å². The molecule has 13 heteroatoms. The molecule has 30 heavy (non-hydrogen) atoms. The second-order valence-corrected chi connectivity index (χ2v) is 10.1. The molecule has 1 amide bonds. The van der Waals surface area contributed by atoms with E-state index in [9.17, 15) is 31.6 Å². The van der Waals surface area contributed by atoms with Crippen LogP contribution >= 0.6 is 22.9 Å². The quantitative estimate of drug-likeness (QED) is 0.421. The van der Waals surface area contributed by atoms with Gasteiger partial charge in [-0.25, -0.2) is 13.4 Å². The van der Waals surface area contributed by atoms with Gasteiger partial charge in [0.1, 0.15) is 10.0 Å². The summed E-state index contributed by atoms with van der Waals surface area (Å²) in [5.41, 5.74) is 0.483. The first kappa shape index (κ1) is 24.4. The minimum atomic E-state index is -4.60. The van der Waals surface area contributed by atoms with Gasteiger partial charge < -0.3 is 10.1 Å². The van der Waals surface area contributed by atoms with Gasteiger partial charge in [0.15, 0.2) is 27.4 Å². The highest BCUT2D eigenvalue weighted by Crippen LogP contribution is 2.38. The summed E-state index contributed by atoms with van der Waals surface area (Å²) in [7, 11) is -4.09. The standard InChI is InChI=1S/C17H19ClF3N3O4S2/c1-3-24(15(25)11(2)10-30(27,28)8-6-17(19,20)21)16-13(18)22-14(29-16)12-5-4-7-23(26)9-12/h4-5,7,9,11H,3,6,8,10H2,1-2H3. The third-order valence-corrected chi connectivity index (χ3v) is 7.38. The van der Waals surface area contributed by atoms with Gasteiger partial charge in [0.05, 0.1) is 23.5 Å². The summed E-state index contributed by atoms with van der Waals surface area (Å²) in [5, 5.41) is 12.1. The number of thiazole rings is 1. The zero-order valence-corrected chi connectivity index (χ0v) is 18.4. The van der Waals surface area contributed by atoms with Gasteiger partial charge in [0.25, 0.3) is 0 Å². The fourth-order valence-corrected chi connectivity index (χ4v) is 5.62. The van der Waals surface area contributed by atoms with Gasteiger partial charge in [0, 0.05) is 18.5 Å². The SMILES string of the molecule is CCN(C(=O)C(C)CS(=O)(=O)CCC(F)(F)F)c1sc(-c2ccc[n+]([O-])c2)nc1Cl. The van der Waals surface area contributed by atoms with Crippen molar-refractivity contribution in [1.82, 2.24) is 4.98 Å². The molecule has 0 saturated carbocycles. The van der Waals surface area contributed by atoms with Crippen molar-refractivity contribution in [3.8, 4) is 10.6 Å². The van der Waals surface area contributed by atoms with Crippen molar-refractivity contribution in [3.63, 3.8) is 0 Å².